The van der Waals surface area contributed by atoms with Crippen molar-refractivity contribution in [2.45, 2.75) is 26.4 Å². The van der Waals surface area contributed by atoms with E-state index in [9.17, 15) is 14.5 Å². The number of nitrogens with zero attached hydrogens (tertiary/aromatic N) is 2. The van der Waals surface area contributed by atoms with Gasteiger partial charge in [-0.25, -0.2) is 4.57 Å². The predicted octanol–water partition coefficient (Wildman–Crippen LogP) is 2.57. The quantitative estimate of drug-likeness (QED) is 0.324. The number of aliphatic hydroxyl groups excluding tert-OH is 1. The first-order chi connectivity index (χ1) is 10.5. The molecule has 0 radical (unpaired) electrons. The van der Waals surface area contributed by atoms with Crippen molar-refractivity contribution >= 4 is 18.8 Å². The van der Waals surface area contributed by atoms with E-state index in [4.69, 9.17) is 14.6 Å². The second-order valence-electron chi connectivity index (χ2n) is 4.31. The SMILES string of the molecule is CCOP(=O)(OCC)C(=[N+]=[N-])C(=O)CC(O)c1ccccc1. The lowest BCUT2D eigenvalue weighted by atomic mass is 10.0. The van der Waals surface area contributed by atoms with Gasteiger partial charge in [-0.05, 0) is 19.4 Å². The van der Waals surface area contributed by atoms with Gasteiger partial charge < -0.3 is 19.7 Å². The molecule has 1 aromatic rings. The Kier molecular flexibility index (Phi) is 7.32. The molecular formula is C14H19N2O5P. The second-order valence-corrected chi connectivity index (χ2v) is 6.25. The summed E-state index contributed by atoms with van der Waals surface area (Å²) >= 11 is 0. The van der Waals surface area contributed by atoms with Gasteiger partial charge in [-0.15, -0.1) is 0 Å². The van der Waals surface area contributed by atoms with E-state index in [1.54, 1.807) is 44.2 Å². The minimum Gasteiger partial charge on any atom is -0.388 e. The molecule has 0 saturated heterocycles. The van der Waals surface area contributed by atoms with Crippen molar-refractivity contribution in [1.82, 2.24) is 0 Å². The molecule has 8 heteroatoms. The van der Waals surface area contributed by atoms with Crippen LogP contribution in [0.3, 0.4) is 0 Å². The average Bonchev–Trinajstić information content (AvgIpc) is 2.49. The summed E-state index contributed by atoms with van der Waals surface area (Å²) in [6.45, 7) is 3.18. The summed E-state index contributed by atoms with van der Waals surface area (Å²) in [6, 6.07) is 8.51. The number of ketones is 1. The number of Topliss-reactive ketones (excluding diaryl/α,β-unsaturated/α-hetero) is 1. The van der Waals surface area contributed by atoms with E-state index >= 15 is 0 Å². The average molecular weight is 326 g/mol. The molecule has 1 atom stereocenters. The Morgan fingerprint density at radius 2 is 1.82 bits per heavy atom. The fourth-order valence-electron chi connectivity index (χ4n) is 1.82. The Bertz CT molecular complexity index is 589. The van der Waals surface area contributed by atoms with Crippen molar-refractivity contribution in [2.75, 3.05) is 13.2 Å². The molecule has 0 aliphatic heterocycles. The fourth-order valence-corrected chi connectivity index (χ4v) is 3.33. The van der Waals surface area contributed by atoms with E-state index in [0.717, 1.165) is 0 Å². The molecule has 0 bridgehead atoms. The summed E-state index contributed by atoms with van der Waals surface area (Å²) in [6.07, 6.45) is -1.50. The minimum absolute atomic E-state index is 0.0187. The van der Waals surface area contributed by atoms with Crippen molar-refractivity contribution in [3.05, 3.63) is 41.4 Å². The summed E-state index contributed by atoms with van der Waals surface area (Å²) in [5.41, 5.74) is 8.84. The number of hydrogen-bond donors (Lipinski definition) is 1. The number of rotatable bonds is 9. The zero-order valence-corrected chi connectivity index (χ0v) is 13.4. The third-order valence-corrected chi connectivity index (χ3v) is 4.82. The van der Waals surface area contributed by atoms with E-state index in [-0.39, 0.29) is 13.2 Å². The molecule has 0 saturated carbocycles. The van der Waals surface area contributed by atoms with Gasteiger partial charge in [-0.3, -0.25) is 4.79 Å². The van der Waals surface area contributed by atoms with E-state index in [2.05, 4.69) is 4.79 Å². The molecule has 1 N–H and O–H groups in total. The standard InChI is InChI=1S/C14H19N2O5P/c1-3-20-22(19,21-4-2)14(16-15)13(18)10-12(17)11-8-6-5-7-9-11/h5-9,12,17H,3-4,10H2,1-2H3. The topological polar surface area (TPSA) is 109 Å². The van der Waals surface area contributed by atoms with Gasteiger partial charge in [0, 0.05) is 6.42 Å². The summed E-state index contributed by atoms with van der Waals surface area (Å²) in [5, 5.41) is 10.0. The molecule has 0 fully saturated rings. The van der Waals surface area contributed by atoms with E-state index in [1.165, 1.54) is 0 Å². The molecule has 1 rings (SSSR count). The molecule has 7 nitrogen and oxygen atoms in total. The highest BCUT2D eigenvalue weighted by atomic mass is 31.2. The maximum Gasteiger partial charge on any atom is 0.446 e. The predicted molar refractivity (Wildman–Crippen MR) is 80.5 cm³/mol. The van der Waals surface area contributed by atoms with Crippen LogP contribution in [0.2, 0.25) is 0 Å². The van der Waals surface area contributed by atoms with Gasteiger partial charge in [-0.2, -0.15) is 4.79 Å². The van der Waals surface area contributed by atoms with Gasteiger partial charge in [0.05, 0.1) is 19.3 Å². The Labute approximate surface area is 129 Å². The van der Waals surface area contributed by atoms with Crippen LogP contribution >= 0.6 is 7.60 Å². The first-order valence-corrected chi connectivity index (χ1v) is 8.40. The van der Waals surface area contributed by atoms with Gasteiger partial charge in [-0.1, -0.05) is 30.3 Å². The van der Waals surface area contributed by atoms with Gasteiger partial charge in [0.25, 0.3) is 5.78 Å². The van der Waals surface area contributed by atoms with Crippen LogP contribution in [0.1, 0.15) is 31.9 Å². The highest BCUT2D eigenvalue weighted by Gasteiger charge is 2.45. The third kappa shape index (κ3) is 4.70. The third-order valence-electron chi connectivity index (χ3n) is 2.76. The van der Waals surface area contributed by atoms with Gasteiger partial charge in [0.2, 0.25) is 0 Å². The lowest BCUT2D eigenvalue weighted by Crippen LogP contribution is -2.21. The van der Waals surface area contributed by atoms with Crippen LogP contribution in [0, 0.1) is 0 Å². The van der Waals surface area contributed by atoms with Crippen molar-refractivity contribution < 1.29 is 28.3 Å². The van der Waals surface area contributed by atoms with E-state index in [1.807, 2.05) is 0 Å². The van der Waals surface area contributed by atoms with Crippen molar-refractivity contribution in [2.24, 2.45) is 0 Å². The monoisotopic (exact) mass is 326 g/mol. The van der Waals surface area contributed by atoms with E-state index in [0.29, 0.717) is 5.56 Å². The van der Waals surface area contributed by atoms with Crippen LogP contribution in [0.25, 0.3) is 5.53 Å². The molecule has 1 aromatic carbocycles. The molecule has 0 spiro atoms. The second kappa shape index (κ2) is 8.73. The van der Waals surface area contributed by atoms with Gasteiger partial charge in [0.15, 0.2) is 0 Å². The van der Waals surface area contributed by atoms with Crippen molar-refractivity contribution in [1.29, 1.82) is 0 Å². The summed E-state index contributed by atoms with van der Waals surface area (Å²) in [4.78, 5) is 15.0. The largest absolute Gasteiger partial charge is 0.446 e. The number of benzene rings is 1. The van der Waals surface area contributed by atoms with Crippen LogP contribution in [-0.4, -0.2) is 34.3 Å². The maximum absolute atomic E-state index is 12.5. The normalized spacial score (nSPS) is 12.5. The Morgan fingerprint density at radius 3 is 2.27 bits per heavy atom. The van der Waals surface area contributed by atoms with Crippen LogP contribution in [-0.2, 0) is 18.4 Å². The zero-order chi connectivity index (χ0) is 16.6. The first kappa shape index (κ1) is 18.4. The van der Waals surface area contributed by atoms with Crippen LogP contribution in [0.4, 0.5) is 0 Å². The molecule has 0 aromatic heterocycles. The maximum atomic E-state index is 12.5. The molecular weight excluding hydrogens is 307 g/mol. The lowest BCUT2D eigenvalue weighted by molar-refractivity contribution is -0.118. The highest BCUT2D eigenvalue weighted by molar-refractivity contribution is 7.74. The van der Waals surface area contributed by atoms with Gasteiger partial charge in [0.1, 0.15) is 0 Å². The fraction of sp³-hybridized carbons (Fsp3) is 0.429. The van der Waals surface area contributed by atoms with Crippen molar-refractivity contribution in [3.8, 4) is 0 Å². The smallest absolute Gasteiger partial charge is 0.388 e. The van der Waals surface area contributed by atoms with Crippen molar-refractivity contribution in [3.63, 3.8) is 0 Å². The zero-order valence-electron chi connectivity index (χ0n) is 12.5. The van der Waals surface area contributed by atoms with Crippen LogP contribution in [0.5, 0.6) is 0 Å². The van der Waals surface area contributed by atoms with Gasteiger partial charge >= 0.3 is 13.0 Å². The first-order valence-electron chi connectivity index (χ1n) is 6.86. The minimum atomic E-state index is -3.99. The van der Waals surface area contributed by atoms with E-state index < -0.39 is 31.4 Å². The lowest BCUT2D eigenvalue weighted by Gasteiger charge is -2.13. The van der Waals surface area contributed by atoms with Crippen LogP contribution in [0.15, 0.2) is 30.3 Å². The number of hydrogen-bond acceptors (Lipinski definition) is 5. The molecule has 0 aliphatic rings. The molecule has 0 amide bonds. The molecule has 0 aliphatic carbocycles. The summed E-state index contributed by atoms with van der Waals surface area (Å²) in [7, 11) is -3.99. The summed E-state index contributed by atoms with van der Waals surface area (Å²) in [5.74, 6) is -0.802. The number of aliphatic hydroxyl groups is 1. The van der Waals surface area contributed by atoms with Crippen LogP contribution < -0.4 is 0 Å². The molecule has 120 valence electrons. The summed E-state index contributed by atoms with van der Waals surface area (Å²) < 4.78 is 22.4. The Balaban J connectivity index is 2.93. The highest BCUT2D eigenvalue weighted by Crippen LogP contribution is 2.49. The Morgan fingerprint density at radius 1 is 1.27 bits per heavy atom. The number of carbonyl (C=O) groups is 1. The Hall–Kier alpha value is -1.62. The number of carbonyl (C=O) groups excluding carboxylic acids is 1. The molecule has 1 unspecified atom stereocenters. The molecule has 0 heterocycles. The molecule has 22 heavy (non-hydrogen) atoms.